The Morgan fingerprint density at radius 3 is 1.47 bits per heavy atom. The van der Waals surface area contributed by atoms with E-state index in [1.165, 1.54) is 56.1 Å². The Hall–Kier alpha value is -2.62. The number of rotatable bonds is 5. The summed E-state index contributed by atoms with van der Waals surface area (Å²) in [5, 5.41) is 19.4. The Bertz CT molecular complexity index is 870. The molecule has 1 aromatic carbocycles. The van der Waals surface area contributed by atoms with Crippen LogP contribution in [0.25, 0.3) is 0 Å². The van der Waals surface area contributed by atoms with E-state index in [1.54, 1.807) is 18.2 Å². The van der Waals surface area contributed by atoms with Gasteiger partial charge in [0.05, 0.1) is 11.1 Å². The van der Waals surface area contributed by atoms with Crippen LogP contribution >= 0.6 is 0 Å². The molecule has 4 aliphatic rings. The van der Waals surface area contributed by atoms with E-state index in [0.29, 0.717) is 17.4 Å². The Balaban J connectivity index is 0.000000292. The molecule has 2 N–H and O–H groups in total. The van der Waals surface area contributed by atoms with E-state index in [0.717, 1.165) is 25.7 Å². The molecule has 2 fully saturated rings. The molecule has 32 heavy (non-hydrogen) atoms. The zero-order chi connectivity index (χ0) is 22.5. The Labute approximate surface area is 190 Å². The molecule has 0 heterocycles. The summed E-state index contributed by atoms with van der Waals surface area (Å²) in [7, 11) is 0. The van der Waals surface area contributed by atoms with E-state index in [1.807, 2.05) is 0 Å². The summed E-state index contributed by atoms with van der Waals surface area (Å²) < 4.78 is 0. The highest BCUT2D eigenvalue weighted by molar-refractivity contribution is 5.97. The maximum atomic E-state index is 11.9. The second-order valence-electron chi connectivity index (χ2n) is 9.69. The lowest BCUT2D eigenvalue weighted by molar-refractivity contribution is 0.0689. The third kappa shape index (κ3) is 5.06. The first-order chi connectivity index (χ1) is 15.5. The van der Waals surface area contributed by atoms with Gasteiger partial charge in [0, 0.05) is 0 Å². The first kappa shape index (κ1) is 22.6. The molecule has 0 amide bonds. The molecule has 0 saturated heterocycles. The van der Waals surface area contributed by atoms with Crippen LogP contribution < -0.4 is 0 Å². The third-order valence-electron chi connectivity index (χ3n) is 7.65. The lowest BCUT2D eigenvalue weighted by atomic mass is 9.65. The molecule has 0 aliphatic heterocycles. The van der Waals surface area contributed by atoms with Crippen molar-refractivity contribution in [2.75, 3.05) is 0 Å². The predicted molar refractivity (Wildman–Crippen MR) is 126 cm³/mol. The highest BCUT2D eigenvalue weighted by Gasteiger charge is 2.37. The number of hydrogen-bond acceptors (Lipinski definition) is 2. The molecule has 0 radical (unpaired) electrons. The molecule has 4 heteroatoms. The highest BCUT2D eigenvalue weighted by atomic mass is 16.4. The van der Waals surface area contributed by atoms with Crippen molar-refractivity contribution in [2.45, 2.75) is 76.5 Å². The maximum Gasteiger partial charge on any atom is 0.335 e. The van der Waals surface area contributed by atoms with Crippen LogP contribution in [0.4, 0.5) is 0 Å². The summed E-state index contributed by atoms with van der Waals surface area (Å²) in [5.41, 5.74) is 3.92. The lowest BCUT2D eigenvalue weighted by Gasteiger charge is -2.39. The smallest absolute Gasteiger partial charge is 0.335 e. The van der Waals surface area contributed by atoms with Gasteiger partial charge in [-0.3, -0.25) is 0 Å². The van der Waals surface area contributed by atoms with E-state index in [9.17, 15) is 19.8 Å². The molecule has 170 valence electrons. The highest BCUT2D eigenvalue weighted by Crippen LogP contribution is 2.47. The zero-order valence-electron chi connectivity index (χ0n) is 18.8. The fourth-order valence-electron chi connectivity index (χ4n) is 6.15. The molecule has 0 unspecified atom stereocenters. The van der Waals surface area contributed by atoms with Crippen molar-refractivity contribution in [3.05, 3.63) is 70.3 Å². The first-order valence-corrected chi connectivity index (χ1v) is 12.2. The minimum Gasteiger partial charge on any atom is -0.478 e. The van der Waals surface area contributed by atoms with Crippen molar-refractivity contribution >= 4 is 11.9 Å². The van der Waals surface area contributed by atoms with Gasteiger partial charge in [0.15, 0.2) is 0 Å². The summed E-state index contributed by atoms with van der Waals surface area (Å²) in [5.74, 6) is -1.12. The number of carboxylic acid groups (broad SMARTS) is 2. The summed E-state index contributed by atoms with van der Waals surface area (Å²) in [4.78, 5) is 23.7. The number of fused-ring (bicyclic) bond motifs is 2. The van der Waals surface area contributed by atoms with Crippen molar-refractivity contribution in [1.29, 1.82) is 0 Å². The molecular formula is C28H34O4. The number of carboxylic acids is 2. The van der Waals surface area contributed by atoms with Gasteiger partial charge in [0.2, 0.25) is 0 Å². The van der Waals surface area contributed by atoms with Crippen LogP contribution in [0, 0.1) is 11.8 Å². The molecule has 5 rings (SSSR count). The van der Waals surface area contributed by atoms with Crippen LogP contribution in [0.2, 0.25) is 0 Å². The topological polar surface area (TPSA) is 74.6 Å². The van der Waals surface area contributed by atoms with Gasteiger partial charge in [-0.2, -0.15) is 0 Å². The fourth-order valence-corrected chi connectivity index (χ4v) is 6.15. The van der Waals surface area contributed by atoms with Crippen molar-refractivity contribution in [2.24, 2.45) is 11.8 Å². The van der Waals surface area contributed by atoms with Gasteiger partial charge in [0.1, 0.15) is 0 Å². The standard InChI is InChI=1S/C21H28O4.C7H6/c22-20(23)16-12-7-13-17(21(24)25)19(16)18(14-8-3-1-4-9-14)15-10-5-2-6-11-15;1-2-7-4-3-6(1)5-7/h7,12-15,18H,1-6,8-11H2,(H,22,23)(H,24,25);1-4H,5H2. The molecule has 2 saturated carbocycles. The molecule has 2 bridgehead atoms. The fraction of sp³-hybridized carbons (Fsp3) is 0.500. The van der Waals surface area contributed by atoms with E-state index in [-0.39, 0.29) is 17.0 Å². The van der Waals surface area contributed by atoms with Gasteiger partial charge in [-0.1, -0.05) is 68.9 Å². The molecule has 1 aromatic rings. The van der Waals surface area contributed by atoms with Crippen LogP contribution in [0.15, 0.2) is 53.6 Å². The van der Waals surface area contributed by atoms with Gasteiger partial charge in [0.25, 0.3) is 0 Å². The van der Waals surface area contributed by atoms with Crippen LogP contribution in [0.1, 0.15) is 103 Å². The predicted octanol–water partition coefficient (Wildman–Crippen LogP) is 7.14. The lowest BCUT2D eigenvalue weighted by Crippen LogP contribution is -2.29. The largest absolute Gasteiger partial charge is 0.478 e. The average molecular weight is 435 g/mol. The normalized spacial score (nSPS) is 20.5. The molecule has 4 nitrogen and oxygen atoms in total. The van der Waals surface area contributed by atoms with Crippen molar-refractivity contribution < 1.29 is 19.8 Å². The van der Waals surface area contributed by atoms with E-state index in [4.69, 9.17) is 0 Å². The van der Waals surface area contributed by atoms with Gasteiger partial charge in [-0.05, 0) is 78.7 Å². The number of aromatic carboxylic acids is 2. The third-order valence-corrected chi connectivity index (χ3v) is 7.65. The number of allylic oxidation sites excluding steroid dienone is 6. The second-order valence-corrected chi connectivity index (χ2v) is 9.69. The van der Waals surface area contributed by atoms with E-state index in [2.05, 4.69) is 24.3 Å². The van der Waals surface area contributed by atoms with E-state index >= 15 is 0 Å². The Morgan fingerprint density at radius 1 is 0.719 bits per heavy atom. The maximum absolute atomic E-state index is 11.9. The summed E-state index contributed by atoms with van der Waals surface area (Å²) >= 11 is 0. The number of carbonyl (C=O) groups is 2. The van der Waals surface area contributed by atoms with Crippen LogP contribution in [-0.2, 0) is 0 Å². The first-order valence-electron chi connectivity index (χ1n) is 12.2. The van der Waals surface area contributed by atoms with Crippen molar-refractivity contribution in [3.63, 3.8) is 0 Å². The molecule has 0 aromatic heterocycles. The van der Waals surface area contributed by atoms with Crippen LogP contribution in [0.5, 0.6) is 0 Å². The average Bonchev–Trinajstić information content (AvgIpc) is 3.47. The van der Waals surface area contributed by atoms with Crippen molar-refractivity contribution in [1.82, 2.24) is 0 Å². The molecule has 4 aliphatic carbocycles. The zero-order valence-corrected chi connectivity index (χ0v) is 18.8. The quantitative estimate of drug-likeness (QED) is 0.516. The van der Waals surface area contributed by atoms with Gasteiger partial charge >= 0.3 is 11.9 Å². The SMILES string of the molecule is C1=CC2=CC=C1C2.O=C(O)c1cccc(C(=O)O)c1C(C1CCCCC1)C1CCCCC1. The van der Waals surface area contributed by atoms with Crippen LogP contribution in [0.3, 0.4) is 0 Å². The summed E-state index contributed by atoms with van der Waals surface area (Å²) in [6, 6.07) is 4.74. The second kappa shape index (κ2) is 10.3. The van der Waals surface area contributed by atoms with Gasteiger partial charge < -0.3 is 10.2 Å². The number of benzene rings is 1. The Morgan fingerprint density at radius 2 is 1.16 bits per heavy atom. The minimum atomic E-state index is -1.00. The molecule has 0 atom stereocenters. The molecular weight excluding hydrogens is 400 g/mol. The van der Waals surface area contributed by atoms with Gasteiger partial charge in [-0.15, -0.1) is 0 Å². The number of hydrogen-bond donors (Lipinski definition) is 2. The minimum absolute atomic E-state index is 0.0685. The van der Waals surface area contributed by atoms with E-state index < -0.39 is 11.9 Å². The monoisotopic (exact) mass is 434 g/mol. The summed E-state index contributed by atoms with van der Waals surface area (Å²) in [6.07, 6.45) is 21.4. The molecule has 0 spiro atoms. The van der Waals surface area contributed by atoms with Crippen molar-refractivity contribution in [3.8, 4) is 0 Å². The Kier molecular flexibility index (Phi) is 7.29. The summed E-state index contributed by atoms with van der Waals surface area (Å²) in [6.45, 7) is 0. The van der Waals surface area contributed by atoms with Crippen LogP contribution in [-0.4, -0.2) is 22.2 Å². The van der Waals surface area contributed by atoms with Gasteiger partial charge in [-0.25, -0.2) is 9.59 Å².